The van der Waals surface area contributed by atoms with E-state index < -0.39 is 0 Å². The van der Waals surface area contributed by atoms with Crippen LogP contribution in [0.1, 0.15) is 47.7 Å². The number of allylic oxidation sites excluding steroid dienone is 1. The van der Waals surface area contributed by atoms with Crippen molar-refractivity contribution in [3.05, 3.63) is 155 Å². The highest BCUT2D eigenvalue weighted by Gasteiger charge is 2.32. The fourth-order valence-electron chi connectivity index (χ4n) is 6.26. The highest BCUT2D eigenvalue weighted by atomic mass is 19.1. The molecule has 5 aromatic rings. The predicted octanol–water partition coefficient (Wildman–Crippen LogP) is 8.53. The first-order valence-electron chi connectivity index (χ1n) is 16.1. The zero-order valence-corrected chi connectivity index (χ0v) is 27.9. The summed E-state index contributed by atoms with van der Waals surface area (Å²) in [4.78, 5) is 18.0. The molecule has 1 amide bonds. The summed E-state index contributed by atoms with van der Waals surface area (Å²) in [5.41, 5.74) is 7.87. The van der Waals surface area contributed by atoms with Crippen LogP contribution < -0.4 is 19.9 Å². The van der Waals surface area contributed by atoms with Crippen molar-refractivity contribution >= 4 is 28.5 Å². The number of aromatic nitrogens is 2. The molecule has 6 rings (SSSR count). The minimum Gasteiger partial charge on any atom is -0.497 e. The molecule has 2 heterocycles. The Morgan fingerprint density at radius 2 is 1.81 bits per heavy atom. The molecule has 0 saturated heterocycles. The molecule has 1 aliphatic rings. The lowest BCUT2D eigenvalue weighted by atomic mass is 9.89. The maximum absolute atomic E-state index is 16.0. The summed E-state index contributed by atoms with van der Waals surface area (Å²) in [6, 6.07) is 29.1. The van der Waals surface area contributed by atoms with Gasteiger partial charge in [-0.15, -0.1) is 0 Å². The van der Waals surface area contributed by atoms with Crippen molar-refractivity contribution in [1.82, 2.24) is 9.78 Å². The lowest BCUT2D eigenvalue weighted by molar-refractivity contribution is -0.114. The Balaban J connectivity index is 1.39. The number of fused-ring (bicyclic) bond motifs is 1. The second-order valence-electron chi connectivity index (χ2n) is 11.9. The van der Waals surface area contributed by atoms with Crippen LogP contribution in [0.4, 0.5) is 21.5 Å². The number of amides is 1. The number of nitrogens with zero attached hydrogens (tertiary/aromatic N) is 4. The van der Waals surface area contributed by atoms with Crippen molar-refractivity contribution in [3.8, 4) is 5.75 Å². The molecule has 0 bridgehead atoms. The number of nitrogens with one attached hydrogen (secondary N) is 1. The first kappa shape index (κ1) is 32.3. The second-order valence-corrected chi connectivity index (χ2v) is 11.9. The van der Waals surface area contributed by atoms with Gasteiger partial charge in [0.15, 0.2) is 0 Å². The molecule has 1 atom stereocenters. The lowest BCUT2D eigenvalue weighted by Gasteiger charge is -2.34. The fraction of sp³-hybridized carbons (Fsp3) is 0.200. The van der Waals surface area contributed by atoms with E-state index in [1.54, 1.807) is 31.3 Å². The van der Waals surface area contributed by atoms with Crippen molar-refractivity contribution in [2.24, 2.45) is 0 Å². The summed E-state index contributed by atoms with van der Waals surface area (Å²) in [7, 11) is 3.42. The Morgan fingerprint density at radius 1 is 1.02 bits per heavy atom. The van der Waals surface area contributed by atoms with Crippen molar-refractivity contribution in [1.29, 1.82) is 0 Å². The van der Waals surface area contributed by atoms with Crippen molar-refractivity contribution < 1.29 is 13.9 Å². The number of para-hydroxylation sites is 1. The molecule has 1 N–H and O–H groups in total. The van der Waals surface area contributed by atoms with Crippen LogP contribution >= 0.6 is 0 Å². The van der Waals surface area contributed by atoms with E-state index in [-0.39, 0.29) is 17.8 Å². The molecular weight excluding hydrogens is 601 g/mol. The molecule has 1 unspecified atom stereocenters. The molecule has 0 aliphatic carbocycles. The van der Waals surface area contributed by atoms with E-state index in [2.05, 4.69) is 29.5 Å². The normalized spacial score (nSPS) is 13.9. The van der Waals surface area contributed by atoms with Gasteiger partial charge >= 0.3 is 0 Å². The van der Waals surface area contributed by atoms with Gasteiger partial charge in [0, 0.05) is 50.0 Å². The average Bonchev–Trinajstić information content (AvgIpc) is 3.66. The van der Waals surface area contributed by atoms with Gasteiger partial charge in [-0.1, -0.05) is 60.7 Å². The zero-order valence-electron chi connectivity index (χ0n) is 27.9. The van der Waals surface area contributed by atoms with E-state index in [1.807, 2.05) is 109 Å². The van der Waals surface area contributed by atoms with E-state index in [4.69, 9.17) is 4.74 Å². The third kappa shape index (κ3) is 6.47. The highest BCUT2D eigenvalue weighted by Crippen LogP contribution is 2.44. The first-order chi connectivity index (χ1) is 23.3. The highest BCUT2D eigenvalue weighted by molar-refractivity contribution is 6.19. The fourth-order valence-corrected chi connectivity index (χ4v) is 6.26. The van der Waals surface area contributed by atoms with Crippen molar-refractivity contribution in [3.63, 3.8) is 0 Å². The number of carbonyl (C=O) groups is 1. The monoisotopic (exact) mass is 641 g/mol. The number of ether oxygens (including phenoxy) is 1. The van der Waals surface area contributed by atoms with Crippen LogP contribution in [0.5, 0.6) is 5.75 Å². The van der Waals surface area contributed by atoms with Crippen LogP contribution in [0.3, 0.4) is 0 Å². The largest absolute Gasteiger partial charge is 0.497 e. The van der Waals surface area contributed by atoms with Crippen LogP contribution in [-0.4, -0.2) is 29.8 Å². The SMILES string of the molecule is CC=C1C(C(=O)N(C)c2ccccc2C)=CN(Cc2ccc(OC)cc2)c2ccc(F)c(NCc3cccc(C(C)n4cccn4)c3)c21. The number of anilines is 3. The summed E-state index contributed by atoms with van der Waals surface area (Å²) in [5, 5.41) is 7.81. The van der Waals surface area contributed by atoms with Gasteiger partial charge in [0.05, 0.1) is 30.1 Å². The molecule has 0 spiro atoms. The Hall–Kier alpha value is -5.63. The number of benzene rings is 4. The van der Waals surface area contributed by atoms with Gasteiger partial charge in [-0.3, -0.25) is 9.48 Å². The number of hydrogen-bond acceptors (Lipinski definition) is 5. The summed E-state index contributed by atoms with van der Waals surface area (Å²) in [6.07, 6.45) is 7.50. The summed E-state index contributed by atoms with van der Waals surface area (Å²) >= 11 is 0. The van der Waals surface area contributed by atoms with Gasteiger partial charge in [-0.25, -0.2) is 4.39 Å². The van der Waals surface area contributed by atoms with E-state index in [0.29, 0.717) is 35.5 Å². The lowest BCUT2D eigenvalue weighted by Crippen LogP contribution is -2.33. The molecule has 0 radical (unpaired) electrons. The number of rotatable bonds is 10. The molecule has 0 fully saturated rings. The summed E-state index contributed by atoms with van der Waals surface area (Å²) in [5.74, 6) is 0.190. The smallest absolute Gasteiger partial charge is 0.260 e. The minimum absolute atomic E-state index is 0.0475. The van der Waals surface area contributed by atoms with Crippen LogP contribution in [0.2, 0.25) is 0 Å². The Morgan fingerprint density at radius 3 is 2.52 bits per heavy atom. The maximum atomic E-state index is 16.0. The molecule has 7 nitrogen and oxygen atoms in total. The van der Waals surface area contributed by atoms with E-state index in [9.17, 15) is 4.79 Å². The van der Waals surface area contributed by atoms with Crippen molar-refractivity contribution in [2.75, 3.05) is 29.3 Å². The number of halogens is 1. The molecule has 0 saturated carbocycles. The third-order valence-electron chi connectivity index (χ3n) is 8.92. The average molecular weight is 642 g/mol. The quantitative estimate of drug-likeness (QED) is 0.166. The molecule has 8 heteroatoms. The molecule has 48 heavy (non-hydrogen) atoms. The molecular formula is C40H40FN5O2. The van der Waals surface area contributed by atoms with Crippen LogP contribution in [-0.2, 0) is 17.9 Å². The topological polar surface area (TPSA) is 62.6 Å². The number of carbonyl (C=O) groups excluding carboxylic acids is 1. The van der Waals surface area contributed by atoms with Crippen LogP contribution in [0.15, 0.2) is 121 Å². The van der Waals surface area contributed by atoms with Gasteiger partial charge in [0.2, 0.25) is 0 Å². The minimum atomic E-state index is -0.389. The second kappa shape index (κ2) is 14.0. The van der Waals surface area contributed by atoms with E-state index in [0.717, 1.165) is 39.4 Å². The Kier molecular flexibility index (Phi) is 9.43. The van der Waals surface area contributed by atoms with E-state index in [1.165, 1.54) is 6.07 Å². The van der Waals surface area contributed by atoms with Crippen LogP contribution in [0, 0.1) is 12.7 Å². The first-order valence-corrected chi connectivity index (χ1v) is 16.1. The standard InChI is InChI=1S/C40H40FN5O2/c1-6-33-34(40(47)44(4)36-14-8-7-11-27(36)2)26-45(25-29-15-17-32(48-5)18-16-29)37-20-19-35(41)39(38(33)37)42-24-30-12-9-13-31(23-30)28(3)46-22-10-21-43-46/h6-23,26,28,42H,24-25H2,1-5H3. The summed E-state index contributed by atoms with van der Waals surface area (Å²) < 4.78 is 23.3. The van der Waals surface area contributed by atoms with E-state index >= 15 is 4.39 Å². The molecule has 1 aromatic heterocycles. The molecule has 4 aromatic carbocycles. The number of methoxy groups -OCH3 is 1. The molecule has 1 aliphatic heterocycles. The van der Waals surface area contributed by atoms with Gasteiger partial charge in [0.1, 0.15) is 11.6 Å². The molecule has 244 valence electrons. The zero-order chi connectivity index (χ0) is 33.8. The third-order valence-corrected chi connectivity index (χ3v) is 8.92. The van der Waals surface area contributed by atoms with Gasteiger partial charge < -0.3 is 19.9 Å². The van der Waals surface area contributed by atoms with Crippen molar-refractivity contribution in [2.45, 2.75) is 39.9 Å². The van der Waals surface area contributed by atoms with Gasteiger partial charge in [-0.05, 0) is 85.0 Å². The van der Waals surface area contributed by atoms with Gasteiger partial charge in [-0.2, -0.15) is 5.10 Å². The number of hydrogen-bond donors (Lipinski definition) is 1. The Bertz CT molecular complexity index is 1980. The van der Waals surface area contributed by atoms with Gasteiger partial charge in [0.25, 0.3) is 5.91 Å². The Labute approximate surface area is 281 Å². The number of aryl methyl sites for hydroxylation is 1. The number of likely N-dealkylation sites (N-methyl/N-ethyl adjacent to an activating group) is 1. The van der Waals surface area contributed by atoms with Crippen LogP contribution in [0.25, 0.3) is 5.57 Å². The predicted molar refractivity (Wildman–Crippen MR) is 192 cm³/mol. The maximum Gasteiger partial charge on any atom is 0.260 e. The summed E-state index contributed by atoms with van der Waals surface area (Å²) in [6.45, 7) is 6.83.